The molecular weight excluding hydrogens is 200 g/mol. The van der Waals surface area contributed by atoms with Gasteiger partial charge in [-0.15, -0.1) is 13.2 Å². The third kappa shape index (κ3) is 4.50. The molecule has 1 rings (SSSR count). The molecule has 0 amide bonds. The van der Waals surface area contributed by atoms with Crippen LogP contribution < -0.4 is 0 Å². The van der Waals surface area contributed by atoms with E-state index in [-0.39, 0.29) is 5.79 Å². The lowest BCUT2D eigenvalue weighted by atomic mass is 9.95. The van der Waals surface area contributed by atoms with Crippen LogP contribution in [0.4, 0.5) is 0 Å². The summed E-state index contributed by atoms with van der Waals surface area (Å²) in [5.41, 5.74) is 0. The molecule has 1 saturated carbocycles. The highest BCUT2D eigenvalue weighted by Gasteiger charge is 2.31. The number of ether oxygens (including phenoxy) is 2. The van der Waals surface area contributed by atoms with Crippen molar-refractivity contribution in [2.75, 3.05) is 13.2 Å². The number of hydrogen-bond acceptors (Lipinski definition) is 2. The minimum Gasteiger partial charge on any atom is -0.346 e. The van der Waals surface area contributed by atoms with E-state index >= 15 is 0 Å². The zero-order valence-electron chi connectivity index (χ0n) is 10.2. The maximum atomic E-state index is 5.87. The van der Waals surface area contributed by atoms with Crippen molar-refractivity contribution in [3.63, 3.8) is 0 Å². The van der Waals surface area contributed by atoms with E-state index < -0.39 is 0 Å². The molecule has 2 heteroatoms. The van der Waals surface area contributed by atoms with Gasteiger partial charge >= 0.3 is 0 Å². The molecule has 0 N–H and O–H groups in total. The van der Waals surface area contributed by atoms with Gasteiger partial charge in [0.2, 0.25) is 0 Å². The molecule has 2 nitrogen and oxygen atoms in total. The lowest BCUT2D eigenvalue weighted by Crippen LogP contribution is -2.37. The van der Waals surface area contributed by atoms with Crippen LogP contribution in [0.5, 0.6) is 0 Å². The van der Waals surface area contributed by atoms with E-state index in [4.69, 9.17) is 9.47 Å². The smallest absolute Gasteiger partial charge is 0.169 e. The first kappa shape index (κ1) is 13.5. The zero-order chi connectivity index (χ0) is 11.7. The molecule has 92 valence electrons. The van der Waals surface area contributed by atoms with Crippen molar-refractivity contribution in [2.45, 2.75) is 50.7 Å². The van der Waals surface area contributed by atoms with Crippen molar-refractivity contribution >= 4 is 0 Å². The molecule has 16 heavy (non-hydrogen) atoms. The topological polar surface area (TPSA) is 18.5 Å². The van der Waals surface area contributed by atoms with Gasteiger partial charge in [0.15, 0.2) is 5.79 Å². The summed E-state index contributed by atoms with van der Waals surface area (Å²) < 4.78 is 11.7. The summed E-state index contributed by atoms with van der Waals surface area (Å²) in [6.07, 6.45) is 11.9. The number of rotatable bonds is 6. The van der Waals surface area contributed by atoms with Crippen molar-refractivity contribution in [3.8, 4) is 0 Å². The van der Waals surface area contributed by atoms with Gasteiger partial charge in [-0.05, 0) is 12.8 Å². The summed E-state index contributed by atoms with van der Waals surface area (Å²) in [5, 5.41) is 0. The van der Waals surface area contributed by atoms with Crippen LogP contribution in [-0.2, 0) is 9.47 Å². The fourth-order valence-corrected chi connectivity index (χ4v) is 2.20. The first-order chi connectivity index (χ1) is 7.83. The Kier molecular flexibility index (Phi) is 6.43. The molecule has 0 saturated heterocycles. The lowest BCUT2D eigenvalue weighted by molar-refractivity contribution is -0.236. The van der Waals surface area contributed by atoms with Gasteiger partial charge in [0.05, 0.1) is 13.2 Å². The predicted octanol–water partition coefficient (Wildman–Crippen LogP) is 3.83. The molecule has 0 aromatic carbocycles. The van der Waals surface area contributed by atoms with Gasteiger partial charge in [-0.1, -0.05) is 31.4 Å². The second-order valence-electron chi connectivity index (χ2n) is 4.38. The fourth-order valence-electron chi connectivity index (χ4n) is 2.20. The minimum absolute atomic E-state index is 0.386. The molecule has 0 bridgehead atoms. The van der Waals surface area contributed by atoms with Crippen molar-refractivity contribution < 1.29 is 9.47 Å². The van der Waals surface area contributed by atoms with E-state index in [1.807, 2.05) is 0 Å². The van der Waals surface area contributed by atoms with Gasteiger partial charge in [-0.25, -0.2) is 0 Å². The summed E-state index contributed by atoms with van der Waals surface area (Å²) >= 11 is 0. The van der Waals surface area contributed by atoms with E-state index in [0.29, 0.717) is 13.2 Å². The van der Waals surface area contributed by atoms with Crippen LogP contribution in [-0.4, -0.2) is 19.0 Å². The predicted molar refractivity (Wildman–Crippen MR) is 67.3 cm³/mol. The minimum atomic E-state index is -0.386. The van der Waals surface area contributed by atoms with Crippen LogP contribution in [0.15, 0.2) is 25.3 Å². The molecule has 1 aliphatic carbocycles. The van der Waals surface area contributed by atoms with Gasteiger partial charge in [0.25, 0.3) is 0 Å². The first-order valence-electron chi connectivity index (χ1n) is 6.33. The quantitative estimate of drug-likeness (QED) is 0.504. The normalized spacial score (nSPS) is 20.8. The van der Waals surface area contributed by atoms with Crippen LogP contribution in [0.2, 0.25) is 0 Å². The van der Waals surface area contributed by atoms with Crippen LogP contribution in [0.25, 0.3) is 0 Å². The van der Waals surface area contributed by atoms with Crippen molar-refractivity contribution in [1.82, 2.24) is 0 Å². The van der Waals surface area contributed by atoms with Gasteiger partial charge < -0.3 is 9.47 Å². The number of hydrogen-bond donors (Lipinski definition) is 0. The standard InChI is InChI=1S/C14H24O2/c1-3-12-15-14(16-13-4-2)10-8-6-5-7-9-11-14/h3-4H,1-2,5-13H2. The summed E-state index contributed by atoms with van der Waals surface area (Å²) in [5.74, 6) is -0.386. The summed E-state index contributed by atoms with van der Waals surface area (Å²) in [4.78, 5) is 0. The molecular formula is C14H24O2. The maximum absolute atomic E-state index is 5.87. The first-order valence-corrected chi connectivity index (χ1v) is 6.33. The second kappa shape index (κ2) is 7.64. The van der Waals surface area contributed by atoms with E-state index in [2.05, 4.69) is 13.2 Å². The molecule has 0 spiro atoms. The van der Waals surface area contributed by atoms with E-state index in [1.165, 1.54) is 32.1 Å². The van der Waals surface area contributed by atoms with E-state index in [0.717, 1.165) is 12.8 Å². The highest BCUT2D eigenvalue weighted by Crippen LogP contribution is 2.30. The van der Waals surface area contributed by atoms with Crippen LogP contribution in [0, 0.1) is 0 Å². The van der Waals surface area contributed by atoms with Crippen molar-refractivity contribution in [1.29, 1.82) is 0 Å². The Hall–Kier alpha value is -0.600. The molecule has 0 aliphatic heterocycles. The molecule has 1 fully saturated rings. The van der Waals surface area contributed by atoms with Crippen LogP contribution >= 0.6 is 0 Å². The Balaban J connectivity index is 2.55. The average molecular weight is 224 g/mol. The Bertz CT molecular complexity index is 189. The monoisotopic (exact) mass is 224 g/mol. The Morgan fingerprint density at radius 1 is 0.812 bits per heavy atom. The van der Waals surface area contributed by atoms with E-state index in [1.54, 1.807) is 12.2 Å². The highest BCUT2D eigenvalue weighted by molar-refractivity contribution is 4.78. The average Bonchev–Trinajstić information content (AvgIpc) is 2.27. The highest BCUT2D eigenvalue weighted by atomic mass is 16.7. The summed E-state index contributed by atoms with van der Waals surface area (Å²) in [6, 6.07) is 0. The van der Waals surface area contributed by atoms with Crippen LogP contribution in [0.3, 0.4) is 0 Å². The lowest BCUT2D eigenvalue weighted by Gasteiger charge is -2.34. The fraction of sp³-hybridized carbons (Fsp3) is 0.714. The largest absolute Gasteiger partial charge is 0.346 e. The molecule has 0 aromatic heterocycles. The van der Waals surface area contributed by atoms with Gasteiger partial charge in [-0.3, -0.25) is 0 Å². The zero-order valence-corrected chi connectivity index (χ0v) is 10.2. The SMILES string of the molecule is C=CCOC1(OCC=C)CCCCCCC1. The molecule has 1 aliphatic rings. The molecule has 0 unspecified atom stereocenters. The Labute approximate surface area is 99.3 Å². The van der Waals surface area contributed by atoms with Crippen molar-refractivity contribution in [3.05, 3.63) is 25.3 Å². The van der Waals surface area contributed by atoms with Crippen LogP contribution in [0.1, 0.15) is 44.9 Å². The third-order valence-corrected chi connectivity index (χ3v) is 3.04. The van der Waals surface area contributed by atoms with E-state index in [9.17, 15) is 0 Å². The van der Waals surface area contributed by atoms with Gasteiger partial charge in [0, 0.05) is 12.8 Å². The molecule has 0 heterocycles. The second-order valence-corrected chi connectivity index (χ2v) is 4.38. The molecule has 0 aromatic rings. The summed E-state index contributed by atoms with van der Waals surface area (Å²) in [7, 11) is 0. The third-order valence-electron chi connectivity index (χ3n) is 3.04. The van der Waals surface area contributed by atoms with Gasteiger partial charge in [-0.2, -0.15) is 0 Å². The summed E-state index contributed by atoms with van der Waals surface area (Å²) in [6.45, 7) is 8.53. The molecule has 0 radical (unpaired) electrons. The molecule has 0 atom stereocenters. The Morgan fingerprint density at radius 3 is 1.69 bits per heavy atom. The van der Waals surface area contributed by atoms with Crippen molar-refractivity contribution in [2.24, 2.45) is 0 Å². The Morgan fingerprint density at radius 2 is 1.25 bits per heavy atom. The van der Waals surface area contributed by atoms with Gasteiger partial charge in [0.1, 0.15) is 0 Å². The maximum Gasteiger partial charge on any atom is 0.169 e.